The molecule has 0 heterocycles. The van der Waals surface area contributed by atoms with Crippen molar-refractivity contribution in [2.24, 2.45) is 5.41 Å². The van der Waals surface area contributed by atoms with E-state index in [2.05, 4.69) is 26.5 Å². The van der Waals surface area contributed by atoms with Gasteiger partial charge in [0.25, 0.3) is 0 Å². The molecule has 0 aromatic heterocycles. The highest BCUT2D eigenvalue weighted by Gasteiger charge is 2.41. The van der Waals surface area contributed by atoms with Crippen LogP contribution in [0.25, 0.3) is 0 Å². The number of hydrogen-bond donors (Lipinski definition) is 1. The van der Waals surface area contributed by atoms with Gasteiger partial charge in [0.15, 0.2) is 0 Å². The Morgan fingerprint density at radius 2 is 2.00 bits per heavy atom. The van der Waals surface area contributed by atoms with Crippen LogP contribution in [0, 0.1) is 5.41 Å². The number of rotatable bonds is 9. The molecular formula is C13H26OS. The van der Waals surface area contributed by atoms with E-state index >= 15 is 0 Å². The van der Waals surface area contributed by atoms with Crippen molar-refractivity contribution in [1.82, 2.24) is 0 Å². The van der Waals surface area contributed by atoms with E-state index in [0.29, 0.717) is 11.5 Å². The molecule has 1 rings (SSSR count). The monoisotopic (exact) mass is 230 g/mol. The quantitative estimate of drug-likeness (QED) is 0.464. The molecule has 2 heteroatoms. The van der Waals surface area contributed by atoms with Crippen LogP contribution in [-0.2, 0) is 4.74 Å². The Kier molecular flexibility index (Phi) is 6.06. The predicted octanol–water partition coefficient (Wildman–Crippen LogP) is 4.07. The topological polar surface area (TPSA) is 9.23 Å². The molecule has 1 unspecified atom stereocenters. The van der Waals surface area contributed by atoms with Crippen LogP contribution in [-0.4, -0.2) is 18.5 Å². The van der Waals surface area contributed by atoms with Gasteiger partial charge in [-0.1, -0.05) is 32.6 Å². The summed E-state index contributed by atoms with van der Waals surface area (Å²) < 4.78 is 5.89. The Morgan fingerprint density at radius 1 is 1.27 bits per heavy atom. The fourth-order valence-corrected chi connectivity index (χ4v) is 2.19. The normalized spacial score (nSPS) is 20.2. The standard InChI is InChI=1S/C13H26OS/c1-3-4-5-6-7-12(2)14-10-13(11-15)8-9-13/h12,15H,3-11H2,1-2H3. The lowest BCUT2D eigenvalue weighted by molar-refractivity contribution is 0.0323. The van der Waals surface area contributed by atoms with Crippen LogP contribution < -0.4 is 0 Å². The van der Waals surface area contributed by atoms with Gasteiger partial charge in [-0.2, -0.15) is 12.6 Å². The van der Waals surface area contributed by atoms with Crippen LogP contribution >= 0.6 is 12.6 Å². The molecule has 1 nitrogen and oxygen atoms in total. The van der Waals surface area contributed by atoms with Crippen LogP contribution in [0.4, 0.5) is 0 Å². The summed E-state index contributed by atoms with van der Waals surface area (Å²) in [5, 5.41) is 0. The van der Waals surface area contributed by atoms with Crippen LogP contribution in [0.1, 0.15) is 58.8 Å². The molecule has 0 aromatic rings. The van der Waals surface area contributed by atoms with E-state index in [9.17, 15) is 0 Å². The minimum Gasteiger partial charge on any atom is -0.378 e. The first-order valence-corrected chi connectivity index (χ1v) is 7.08. The summed E-state index contributed by atoms with van der Waals surface area (Å²) in [6.07, 6.45) is 9.68. The molecule has 0 aliphatic heterocycles. The van der Waals surface area contributed by atoms with Crippen molar-refractivity contribution in [3.63, 3.8) is 0 Å². The third-order valence-electron chi connectivity index (χ3n) is 3.43. The molecule has 0 aromatic carbocycles. The maximum absolute atomic E-state index is 5.89. The van der Waals surface area contributed by atoms with E-state index in [1.807, 2.05) is 0 Å². The summed E-state index contributed by atoms with van der Waals surface area (Å²) in [7, 11) is 0. The van der Waals surface area contributed by atoms with Crippen molar-refractivity contribution >= 4 is 12.6 Å². The Balaban J connectivity index is 1.96. The summed E-state index contributed by atoms with van der Waals surface area (Å²) in [5.41, 5.74) is 0.459. The lowest BCUT2D eigenvalue weighted by atomic mass is 10.1. The molecule has 1 saturated carbocycles. The van der Waals surface area contributed by atoms with Gasteiger partial charge in [-0.3, -0.25) is 0 Å². The minimum absolute atomic E-state index is 0.444. The first-order chi connectivity index (χ1) is 7.22. The second kappa shape index (κ2) is 6.80. The molecule has 0 saturated heterocycles. The maximum Gasteiger partial charge on any atom is 0.0547 e. The zero-order chi connectivity index (χ0) is 11.1. The summed E-state index contributed by atoms with van der Waals surface area (Å²) in [5.74, 6) is 0.996. The van der Waals surface area contributed by atoms with E-state index in [1.54, 1.807) is 0 Å². The fourth-order valence-electron chi connectivity index (χ4n) is 1.79. The van der Waals surface area contributed by atoms with Crippen LogP contribution in [0.5, 0.6) is 0 Å². The number of hydrogen-bond acceptors (Lipinski definition) is 2. The van der Waals surface area contributed by atoms with Gasteiger partial charge in [0.1, 0.15) is 0 Å². The zero-order valence-corrected chi connectivity index (χ0v) is 11.2. The number of ether oxygens (including phenoxy) is 1. The summed E-state index contributed by atoms with van der Waals surface area (Å²) in [6, 6.07) is 0. The number of unbranched alkanes of at least 4 members (excludes halogenated alkanes) is 3. The van der Waals surface area contributed by atoms with Crippen molar-refractivity contribution in [1.29, 1.82) is 0 Å². The lowest BCUT2D eigenvalue weighted by Gasteiger charge is -2.17. The van der Waals surface area contributed by atoms with Gasteiger partial charge < -0.3 is 4.74 Å². The molecule has 0 spiro atoms. The van der Waals surface area contributed by atoms with Gasteiger partial charge >= 0.3 is 0 Å². The SMILES string of the molecule is CCCCCCC(C)OCC1(CS)CC1. The van der Waals surface area contributed by atoms with Gasteiger partial charge in [-0.25, -0.2) is 0 Å². The summed E-state index contributed by atoms with van der Waals surface area (Å²) >= 11 is 4.38. The lowest BCUT2D eigenvalue weighted by Crippen LogP contribution is -2.18. The van der Waals surface area contributed by atoms with Crippen molar-refractivity contribution in [2.75, 3.05) is 12.4 Å². The highest BCUT2D eigenvalue weighted by atomic mass is 32.1. The Hall–Kier alpha value is 0.310. The second-order valence-corrected chi connectivity index (χ2v) is 5.45. The molecule has 0 bridgehead atoms. The van der Waals surface area contributed by atoms with Gasteiger partial charge in [0.05, 0.1) is 12.7 Å². The molecule has 15 heavy (non-hydrogen) atoms. The summed E-state index contributed by atoms with van der Waals surface area (Å²) in [4.78, 5) is 0. The Morgan fingerprint density at radius 3 is 2.53 bits per heavy atom. The highest BCUT2D eigenvalue weighted by Crippen LogP contribution is 2.46. The third-order valence-corrected chi connectivity index (χ3v) is 4.10. The molecule has 1 aliphatic rings. The van der Waals surface area contributed by atoms with E-state index in [0.717, 1.165) is 12.4 Å². The van der Waals surface area contributed by atoms with E-state index in [4.69, 9.17) is 4.74 Å². The predicted molar refractivity (Wildman–Crippen MR) is 69.7 cm³/mol. The van der Waals surface area contributed by atoms with Crippen molar-refractivity contribution < 1.29 is 4.74 Å². The molecule has 1 aliphatic carbocycles. The third kappa shape index (κ3) is 5.26. The fraction of sp³-hybridized carbons (Fsp3) is 1.00. The zero-order valence-electron chi connectivity index (χ0n) is 10.3. The van der Waals surface area contributed by atoms with Crippen molar-refractivity contribution in [2.45, 2.75) is 64.9 Å². The molecule has 0 amide bonds. The molecule has 1 fully saturated rings. The molecule has 90 valence electrons. The Bertz CT molecular complexity index is 166. The molecule has 1 atom stereocenters. The first kappa shape index (κ1) is 13.4. The van der Waals surface area contributed by atoms with Gasteiger partial charge in [0, 0.05) is 5.41 Å². The van der Waals surface area contributed by atoms with E-state index in [1.165, 1.54) is 44.9 Å². The van der Waals surface area contributed by atoms with Gasteiger partial charge in [0.2, 0.25) is 0 Å². The summed E-state index contributed by atoms with van der Waals surface area (Å²) in [6.45, 7) is 5.40. The second-order valence-electron chi connectivity index (χ2n) is 5.13. The van der Waals surface area contributed by atoms with Crippen LogP contribution in [0.2, 0.25) is 0 Å². The molecule has 0 radical (unpaired) electrons. The van der Waals surface area contributed by atoms with E-state index in [-0.39, 0.29) is 0 Å². The smallest absolute Gasteiger partial charge is 0.0547 e. The van der Waals surface area contributed by atoms with Gasteiger partial charge in [-0.15, -0.1) is 0 Å². The average molecular weight is 230 g/mol. The molecular weight excluding hydrogens is 204 g/mol. The first-order valence-electron chi connectivity index (χ1n) is 6.45. The highest BCUT2D eigenvalue weighted by molar-refractivity contribution is 7.80. The minimum atomic E-state index is 0.444. The van der Waals surface area contributed by atoms with E-state index < -0.39 is 0 Å². The number of thiol groups is 1. The van der Waals surface area contributed by atoms with Gasteiger partial charge in [-0.05, 0) is 31.9 Å². The largest absolute Gasteiger partial charge is 0.378 e. The molecule has 0 N–H and O–H groups in total. The van der Waals surface area contributed by atoms with Crippen LogP contribution in [0.3, 0.4) is 0 Å². The Labute approximate surface area is 100 Å². The average Bonchev–Trinajstić information content (AvgIpc) is 3.02. The maximum atomic E-state index is 5.89. The van der Waals surface area contributed by atoms with Crippen molar-refractivity contribution in [3.05, 3.63) is 0 Å². The van der Waals surface area contributed by atoms with Crippen molar-refractivity contribution in [3.8, 4) is 0 Å². The van der Waals surface area contributed by atoms with Crippen LogP contribution in [0.15, 0.2) is 0 Å².